The highest BCUT2D eigenvalue weighted by molar-refractivity contribution is 7.98. The maximum Gasteiger partial charge on any atom is 0.266 e. The summed E-state index contributed by atoms with van der Waals surface area (Å²) in [5.41, 5.74) is 4.81. The summed E-state index contributed by atoms with van der Waals surface area (Å²) in [4.78, 5) is 18.2. The first kappa shape index (κ1) is 18.8. The predicted octanol–water partition coefficient (Wildman–Crippen LogP) is 5.95. The lowest BCUT2D eigenvalue weighted by molar-refractivity contribution is 0.809. The number of nitrogens with zero attached hydrogens (tertiary/aromatic N) is 2. The number of benzene rings is 3. The lowest BCUT2D eigenvalue weighted by Gasteiger charge is -2.17. The third-order valence-electron chi connectivity index (χ3n) is 4.69. The van der Waals surface area contributed by atoms with Gasteiger partial charge in [-0.25, -0.2) is 4.98 Å². The summed E-state index contributed by atoms with van der Waals surface area (Å²) in [7, 11) is 0. The molecule has 0 bridgehead atoms. The van der Waals surface area contributed by atoms with Gasteiger partial charge in [0, 0.05) is 10.8 Å². The summed E-state index contributed by atoms with van der Waals surface area (Å²) < 4.78 is 1.76. The van der Waals surface area contributed by atoms with Crippen molar-refractivity contribution in [2.75, 3.05) is 0 Å². The Bertz CT molecular complexity index is 1200. The largest absolute Gasteiger partial charge is 0.268 e. The smallest absolute Gasteiger partial charge is 0.266 e. The Balaban J connectivity index is 1.88. The fourth-order valence-electron chi connectivity index (χ4n) is 3.29. The maximum absolute atomic E-state index is 13.4. The van der Waals surface area contributed by atoms with Gasteiger partial charge in [0.05, 0.1) is 16.6 Å². The number of rotatable bonds is 4. The van der Waals surface area contributed by atoms with E-state index in [2.05, 4.69) is 0 Å². The molecule has 3 aromatic carbocycles. The molecule has 0 saturated heterocycles. The summed E-state index contributed by atoms with van der Waals surface area (Å²) in [6.07, 6.45) is 0. The molecule has 0 atom stereocenters. The Hall–Kier alpha value is -2.56. The number of hydrogen-bond acceptors (Lipinski definition) is 3. The van der Waals surface area contributed by atoms with Crippen LogP contribution in [0, 0.1) is 13.8 Å². The van der Waals surface area contributed by atoms with Crippen LogP contribution in [0.15, 0.2) is 76.7 Å². The molecule has 1 aromatic heterocycles. The van der Waals surface area contributed by atoms with Crippen LogP contribution in [-0.2, 0) is 5.75 Å². The van der Waals surface area contributed by atoms with Crippen molar-refractivity contribution in [2.45, 2.75) is 24.8 Å². The highest BCUT2D eigenvalue weighted by atomic mass is 35.5. The zero-order chi connectivity index (χ0) is 19.7. The first-order valence-corrected chi connectivity index (χ1v) is 10.4. The Morgan fingerprint density at radius 1 is 0.929 bits per heavy atom. The molecular formula is C23H19ClN2OS. The summed E-state index contributed by atoms with van der Waals surface area (Å²) in [5.74, 6) is 0.701. The van der Waals surface area contributed by atoms with Crippen LogP contribution in [0.3, 0.4) is 0 Å². The van der Waals surface area contributed by atoms with Gasteiger partial charge in [-0.15, -0.1) is 0 Å². The monoisotopic (exact) mass is 406 g/mol. The van der Waals surface area contributed by atoms with Crippen molar-refractivity contribution >= 4 is 34.3 Å². The van der Waals surface area contributed by atoms with E-state index < -0.39 is 0 Å². The summed E-state index contributed by atoms with van der Waals surface area (Å²) in [6.45, 7) is 4.05. The van der Waals surface area contributed by atoms with E-state index in [0.717, 1.165) is 22.4 Å². The molecule has 0 aliphatic carbocycles. The third kappa shape index (κ3) is 3.58. The average molecular weight is 407 g/mol. The summed E-state index contributed by atoms with van der Waals surface area (Å²) >= 11 is 7.55. The SMILES string of the molecule is Cc1cccc(C)c1-n1c(SCc2ccc(Cl)cc2)nc2ccccc2c1=O. The van der Waals surface area contributed by atoms with Crippen molar-refractivity contribution in [1.29, 1.82) is 0 Å². The van der Waals surface area contributed by atoms with Gasteiger partial charge in [0.2, 0.25) is 0 Å². The van der Waals surface area contributed by atoms with E-state index >= 15 is 0 Å². The lowest BCUT2D eigenvalue weighted by atomic mass is 10.1. The molecule has 3 nitrogen and oxygen atoms in total. The second kappa shape index (κ2) is 7.82. The number of thioether (sulfide) groups is 1. The predicted molar refractivity (Wildman–Crippen MR) is 118 cm³/mol. The van der Waals surface area contributed by atoms with Crippen LogP contribution in [0.4, 0.5) is 0 Å². The van der Waals surface area contributed by atoms with Crippen molar-refractivity contribution in [3.8, 4) is 5.69 Å². The van der Waals surface area contributed by atoms with E-state index in [1.807, 2.05) is 80.6 Å². The first-order chi connectivity index (χ1) is 13.5. The maximum atomic E-state index is 13.4. The Morgan fingerprint density at radius 3 is 2.32 bits per heavy atom. The van der Waals surface area contributed by atoms with Gasteiger partial charge in [0.1, 0.15) is 0 Å². The van der Waals surface area contributed by atoms with E-state index in [9.17, 15) is 4.79 Å². The molecule has 140 valence electrons. The molecule has 0 fully saturated rings. The second-order valence-electron chi connectivity index (χ2n) is 6.71. The summed E-state index contributed by atoms with van der Waals surface area (Å²) in [6, 6.07) is 21.3. The molecule has 0 aliphatic heterocycles. The zero-order valence-corrected chi connectivity index (χ0v) is 17.2. The molecular weight excluding hydrogens is 388 g/mol. The molecule has 0 unspecified atom stereocenters. The van der Waals surface area contributed by atoms with Crippen molar-refractivity contribution in [3.63, 3.8) is 0 Å². The molecule has 0 radical (unpaired) electrons. The Morgan fingerprint density at radius 2 is 1.61 bits per heavy atom. The van der Waals surface area contributed by atoms with Crippen molar-refractivity contribution in [2.24, 2.45) is 0 Å². The number of hydrogen-bond donors (Lipinski definition) is 0. The van der Waals surface area contributed by atoms with Gasteiger partial charge in [0.15, 0.2) is 5.16 Å². The first-order valence-electron chi connectivity index (χ1n) is 9.00. The second-order valence-corrected chi connectivity index (χ2v) is 8.09. The van der Waals surface area contributed by atoms with Crippen LogP contribution in [0.5, 0.6) is 0 Å². The van der Waals surface area contributed by atoms with E-state index in [-0.39, 0.29) is 5.56 Å². The number of para-hydroxylation sites is 2. The zero-order valence-electron chi connectivity index (χ0n) is 15.6. The molecule has 0 N–H and O–H groups in total. The molecule has 4 aromatic rings. The van der Waals surface area contributed by atoms with Gasteiger partial charge < -0.3 is 0 Å². The van der Waals surface area contributed by atoms with Crippen LogP contribution in [-0.4, -0.2) is 9.55 Å². The molecule has 1 heterocycles. The van der Waals surface area contributed by atoms with E-state index in [4.69, 9.17) is 16.6 Å². The van der Waals surface area contributed by atoms with E-state index in [0.29, 0.717) is 26.8 Å². The van der Waals surface area contributed by atoms with Crippen LogP contribution >= 0.6 is 23.4 Å². The summed E-state index contributed by atoms with van der Waals surface area (Å²) in [5, 5.41) is 2.03. The lowest BCUT2D eigenvalue weighted by Crippen LogP contribution is -2.23. The van der Waals surface area contributed by atoms with Crippen LogP contribution < -0.4 is 5.56 Å². The van der Waals surface area contributed by atoms with Crippen LogP contribution in [0.2, 0.25) is 5.02 Å². The van der Waals surface area contributed by atoms with Gasteiger partial charge in [-0.3, -0.25) is 9.36 Å². The van der Waals surface area contributed by atoms with Crippen LogP contribution in [0.25, 0.3) is 16.6 Å². The minimum Gasteiger partial charge on any atom is -0.268 e. The average Bonchev–Trinajstić information content (AvgIpc) is 2.69. The fraction of sp³-hybridized carbons (Fsp3) is 0.130. The Labute approximate surface area is 173 Å². The third-order valence-corrected chi connectivity index (χ3v) is 5.95. The number of aromatic nitrogens is 2. The van der Waals surface area contributed by atoms with Crippen molar-refractivity contribution in [3.05, 3.63) is 98.8 Å². The highest BCUT2D eigenvalue weighted by Gasteiger charge is 2.16. The van der Waals surface area contributed by atoms with E-state index in [1.54, 1.807) is 16.3 Å². The van der Waals surface area contributed by atoms with Gasteiger partial charge in [-0.05, 0) is 54.8 Å². The molecule has 4 rings (SSSR count). The Kier molecular flexibility index (Phi) is 5.25. The molecule has 5 heteroatoms. The normalized spacial score (nSPS) is 11.1. The number of fused-ring (bicyclic) bond motifs is 1. The van der Waals surface area contributed by atoms with Gasteiger partial charge >= 0.3 is 0 Å². The highest BCUT2D eigenvalue weighted by Crippen LogP contribution is 2.27. The molecule has 0 saturated carbocycles. The molecule has 28 heavy (non-hydrogen) atoms. The van der Waals surface area contributed by atoms with Gasteiger partial charge in [-0.1, -0.05) is 65.8 Å². The minimum atomic E-state index is -0.0402. The number of halogens is 1. The van der Waals surface area contributed by atoms with Crippen molar-refractivity contribution < 1.29 is 0 Å². The topological polar surface area (TPSA) is 34.9 Å². The van der Waals surface area contributed by atoms with E-state index in [1.165, 1.54) is 0 Å². The number of aryl methyl sites for hydroxylation is 2. The van der Waals surface area contributed by atoms with Gasteiger partial charge in [-0.2, -0.15) is 0 Å². The van der Waals surface area contributed by atoms with Gasteiger partial charge in [0.25, 0.3) is 5.56 Å². The standard InChI is InChI=1S/C23H19ClN2OS/c1-15-6-5-7-16(2)21(15)26-22(27)19-8-3-4-9-20(19)25-23(26)28-14-17-10-12-18(24)13-11-17/h3-13H,14H2,1-2H3. The van der Waals surface area contributed by atoms with Crippen molar-refractivity contribution in [1.82, 2.24) is 9.55 Å². The minimum absolute atomic E-state index is 0.0402. The quantitative estimate of drug-likeness (QED) is 0.310. The molecule has 0 spiro atoms. The molecule has 0 amide bonds. The molecule has 0 aliphatic rings. The fourth-order valence-corrected chi connectivity index (χ4v) is 4.37. The van der Waals surface area contributed by atoms with Crippen LogP contribution in [0.1, 0.15) is 16.7 Å².